The Morgan fingerprint density at radius 2 is 2.03 bits per heavy atom. The number of carbonyl (C=O) groups excluding carboxylic acids is 2. The minimum Gasteiger partial charge on any atom is -0.468 e. The van der Waals surface area contributed by atoms with Crippen molar-refractivity contribution in [3.63, 3.8) is 0 Å². The van der Waals surface area contributed by atoms with Gasteiger partial charge in [0.2, 0.25) is 16.8 Å². The van der Waals surface area contributed by atoms with E-state index in [0.29, 0.717) is 41.2 Å². The first-order chi connectivity index (χ1) is 14.3. The van der Waals surface area contributed by atoms with Crippen LogP contribution >= 0.6 is 11.3 Å². The van der Waals surface area contributed by atoms with Gasteiger partial charge in [-0.25, -0.2) is 12.7 Å². The van der Waals surface area contributed by atoms with E-state index in [0.717, 1.165) is 11.0 Å². The smallest absolute Gasteiger partial charge is 0.325 e. The van der Waals surface area contributed by atoms with Crippen molar-refractivity contribution in [3.05, 3.63) is 16.9 Å². The van der Waals surface area contributed by atoms with Crippen LogP contribution in [0.4, 0.5) is 0 Å². The number of nitrogens with zero attached hydrogens (tertiary/aromatic N) is 3. The van der Waals surface area contributed by atoms with Gasteiger partial charge < -0.3 is 18.8 Å². The lowest BCUT2D eigenvalue weighted by Gasteiger charge is -2.28. The summed E-state index contributed by atoms with van der Waals surface area (Å²) in [7, 11) is -2.08. The maximum absolute atomic E-state index is 12.9. The van der Waals surface area contributed by atoms with Crippen molar-refractivity contribution in [3.8, 4) is 11.5 Å². The van der Waals surface area contributed by atoms with Crippen LogP contribution in [-0.4, -0.2) is 62.4 Å². The van der Waals surface area contributed by atoms with Gasteiger partial charge in [-0.05, 0) is 12.8 Å². The fourth-order valence-electron chi connectivity index (χ4n) is 3.52. The summed E-state index contributed by atoms with van der Waals surface area (Å²) >= 11 is 1.24. The fraction of sp³-hybridized carbons (Fsp3) is 0.500. The van der Waals surface area contributed by atoms with E-state index in [1.165, 1.54) is 22.8 Å². The molecule has 1 fully saturated rings. The highest BCUT2D eigenvalue weighted by molar-refractivity contribution is 7.88. The topological polar surface area (TPSA) is 116 Å². The number of rotatable bonds is 4. The first-order valence-corrected chi connectivity index (χ1v) is 12.0. The molecule has 1 amide bonds. The molecule has 4 rings (SSSR count). The number of fused-ring (bicyclic) bond motifs is 2. The lowest BCUT2D eigenvalue weighted by atomic mass is 9.99. The molecular formula is C18H21N3O7S2. The molecule has 30 heavy (non-hydrogen) atoms. The Bertz CT molecular complexity index is 1180. The van der Waals surface area contributed by atoms with E-state index in [9.17, 15) is 18.0 Å². The van der Waals surface area contributed by atoms with Crippen molar-refractivity contribution in [1.82, 2.24) is 8.87 Å². The van der Waals surface area contributed by atoms with Gasteiger partial charge >= 0.3 is 5.97 Å². The van der Waals surface area contributed by atoms with Crippen LogP contribution in [0.5, 0.6) is 11.5 Å². The summed E-state index contributed by atoms with van der Waals surface area (Å²) in [6, 6.07) is 3.53. The molecule has 1 atom stereocenters. The number of benzene rings is 1. The molecule has 3 heterocycles. The summed E-state index contributed by atoms with van der Waals surface area (Å²) in [6.07, 6.45) is 2.29. The molecule has 2 aliphatic heterocycles. The number of aromatic nitrogens is 1. The molecule has 162 valence electrons. The van der Waals surface area contributed by atoms with Crippen molar-refractivity contribution in [1.29, 1.82) is 0 Å². The van der Waals surface area contributed by atoms with Gasteiger partial charge in [-0.3, -0.25) is 9.59 Å². The molecule has 0 spiro atoms. The van der Waals surface area contributed by atoms with Crippen molar-refractivity contribution >= 4 is 43.5 Å². The monoisotopic (exact) mass is 455 g/mol. The van der Waals surface area contributed by atoms with Gasteiger partial charge in [-0.2, -0.15) is 4.99 Å². The largest absolute Gasteiger partial charge is 0.468 e. The Kier molecular flexibility index (Phi) is 5.55. The summed E-state index contributed by atoms with van der Waals surface area (Å²) in [5.41, 5.74) is 0.669. The number of piperidine rings is 1. The third-order valence-corrected chi connectivity index (χ3v) is 7.41. The Hall–Kier alpha value is -2.44. The second kappa shape index (κ2) is 8.00. The van der Waals surface area contributed by atoms with Crippen LogP contribution in [0.25, 0.3) is 10.2 Å². The predicted molar refractivity (Wildman–Crippen MR) is 108 cm³/mol. The molecule has 1 saturated heterocycles. The van der Waals surface area contributed by atoms with Crippen LogP contribution < -0.4 is 14.3 Å². The zero-order valence-corrected chi connectivity index (χ0v) is 18.1. The highest BCUT2D eigenvalue weighted by Gasteiger charge is 2.30. The van der Waals surface area contributed by atoms with Gasteiger partial charge in [0.05, 0.1) is 29.5 Å². The zero-order valence-electron chi connectivity index (χ0n) is 16.5. The van der Waals surface area contributed by atoms with E-state index < -0.39 is 27.8 Å². The lowest BCUT2D eigenvalue weighted by molar-refractivity contribution is -0.141. The number of methoxy groups -OCH3 is 1. The Labute approximate surface area is 176 Å². The second-order valence-corrected chi connectivity index (χ2v) is 10.1. The molecule has 0 aliphatic carbocycles. The van der Waals surface area contributed by atoms with Gasteiger partial charge in [0, 0.05) is 25.2 Å². The molecule has 0 N–H and O–H groups in total. The maximum Gasteiger partial charge on any atom is 0.325 e. The van der Waals surface area contributed by atoms with Crippen LogP contribution in [0.15, 0.2) is 17.1 Å². The van der Waals surface area contributed by atoms with Crippen molar-refractivity contribution in [2.75, 3.05) is 33.2 Å². The Balaban J connectivity index is 1.73. The van der Waals surface area contributed by atoms with Crippen molar-refractivity contribution in [2.24, 2.45) is 10.9 Å². The highest BCUT2D eigenvalue weighted by atomic mass is 32.2. The van der Waals surface area contributed by atoms with Crippen molar-refractivity contribution in [2.45, 2.75) is 19.4 Å². The van der Waals surface area contributed by atoms with Crippen LogP contribution in [0.2, 0.25) is 0 Å². The minimum atomic E-state index is -3.37. The number of ether oxygens (including phenoxy) is 3. The van der Waals surface area contributed by atoms with E-state index in [1.807, 2.05) is 0 Å². The van der Waals surface area contributed by atoms with E-state index in [1.54, 1.807) is 16.7 Å². The minimum absolute atomic E-state index is 0.110. The average Bonchev–Trinajstić information content (AvgIpc) is 3.29. The molecule has 10 nitrogen and oxygen atoms in total. The first kappa shape index (κ1) is 20.8. The Morgan fingerprint density at radius 1 is 1.30 bits per heavy atom. The van der Waals surface area contributed by atoms with E-state index >= 15 is 0 Å². The van der Waals surface area contributed by atoms with Crippen molar-refractivity contribution < 1.29 is 32.2 Å². The van der Waals surface area contributed by atoms with Crippen LogP contribution in [-0.2, 0) is 30.9 Å². The van der Waals surface area contributed by atoms with Gasteiger partial charge in [0.25, 0.3) is 5.91 Å². The average molecular weight is 456 g/mol. The molecule has 0 saturated carbocycles. The number of thiazole rings is 1. The van der Waals surface area contributed by atoms with Crippen LogP contribution in [0.1, 0.15) is 12.8 Å². The maximum atomic E-state index is 12.9. The third kappa shape index (κ3) is 4.07. The van der Waals surface area contributed by atoms with Crippen LogP contribution in [0, 0.1) is 5.92 Å². The molecule has 2 aliphatic rings. The van der Waals surface area contributed by atoms with Gasteiger partial charge in [-0.1, -0.05) is 11.3 Å². The van der Waals surface area contributed by atoms with Gasteiger partial charge in [-0.15, -0.1) is 0 Å². The SMILES string of the molecule is COC(=O)Cn1c(=NC(=O)C2CCCN(S(C)(=O)=O)C2)sc2cc3c(cc21)OCO3. The molecule has 12 heteroatoms. The molecule has 2 aromatic rings. The molecule has 1 unspecified atom stereocenters. The number of carbonyl (C=O) groups is 2. The first-order valence-electron chi connectivity index (χ1n) is 9.30. The lowest BCUT2D eigenvalue weighted by Crippen LogP contribution is -2.41. The highest BCUT2D eigenvalue weighted by Crippen LogP contribution is 2.37. The fourth-order valence-corrected chi connectivity index (χ4v) is 5.48. The standard InChI is InChI=1S/C18H21N3O7S2/c1-26-16(22)9-21-12-6-13-14(28-10-27-13)7-15(12)29-18(21)19-17(23)11-4-3-5-20(8-11)30(2,24)25/h6-7,11H,3-5,8-10H2,1-2H3. The molecule has 1 aromatic heterocycles. The molecule has 0 radical (unpaired) electrons. The quantitative estimate of drug-likeness (QED) is 0.623. The van der Waals surface area contributed by atoms with Gasteiger partial charge in [0.15, 0.2) is 16.3 Å². The predicted octanol–water partition coefficient (Wildman–Crippen LogP) is 0.703. The summed E-state index contributed by atoms with van der Waals surface area (Å²) in [5, 5.41) is 0. The van der Waals surface area contributed by atoms with E-state index in [-0.39, 0.29) is 19.9 Å². The number of amides is 1. The number of hydrogen-bond donors (Lipinski definition) is 0. The van der Waals surface area contributed by atoms with E-state index in [4.69, 9.17) is 14.2 Å². The van der Waals surface area contributed by atoms with Gasteiger partial charge in [0.1, 0.15) is 6.54 Å². The normalized spacial score (nSPS) is 19.9. The molecule has 0 bridgehead atoms. The molecular weight excluding hydrogens is 434 g/mol. The zero-order chi connectivity index (χ0) is 21.5. The number of esters is 1. The summed E-state index contributed by atoms with van der Waals surface area (Å²) in [5.74, 6) is -0.284. The summed E-state index contributed by atoms with van der Waals surface area (Å²) in [4.78, 5) is 29.4. The number of hydrogen-bond acceptors (Lipinski definition) is 8. The molecule has 1 aromatic carbocycles. The number of sulfonamides is 1. The van der Waals surface area contributed by atoms with E-state index in [2.05, 4.69) is 4.99 Å². The third-order valence-electron chi connectivity index (χ3n) is 5.10. The Morgan fingerprint density at radius 3 is 2.73 bits per heavy atom. The summed E-state index contributed by atoms with van der Waals surface area (Å²) < 4.78 is 43.0. The second-order valence-electron chi connectivity index (χ2n) is 7.13. The van der Waals surface area contributed by atoms with Crippen LogP contribution in [0.3, 0.4) is 0 Å². The summed E-state index contributed by atoms with van der Waals surface area (Å²) in [6.45, 7) is 0.513.